The second-order valence-electron chi connectivity index (χ2n) is 8.06. The fourth-order valence-corrected chi connectivity index (χ4v) is 4.47. The van der Waals surface area contributed by atoms with Gasteiger partial charge in [-0.15, -0.1) is 0 Å². The van der Waals surface area contributed by atoms with Crippen molar-refractivity contribution in [3.05, 3.63) is 42.7 Å². The maximum absolute atomic E-state index is 5.47. The van der Waals surface area contributed by atoms with Crippen molar-refractivity contribution in [1.29, 1.82) is 0 Å². The molecule has 7 heteroatoms. The van der Waals surface area contributed by atoms with Gasteiger partial charge in [0.2, 0.25) is 0 Å². The van der Waals surface area contributed by atoms with E-state index >= 15 is 0 Å². The summed E-state index contributed by atoms with van der Waals surface area (Å²) in [6, 6.07) is 10.7. The first-order valence-electron chi connectivity index (χ1n) is 10.8. The fourth-order valence-electron chi connectivity index (χ4n) is 4.47. The molecule has 30 heavy (non-hydrogen) atoms. The fraction of sp³-hybridized carbons (Fsp3) is 0.435. The Hall–Kier alpha value is -2.77. The van der Waals surface area contributed by atoms with Crippen LogP contribution in [0.1, 0.15) is 6.42 Å². The third kappa shape index (κ3) is 3.82. The summed E-state index contributed by atoms with van der Waals surface area (Å²) in [6.45, 7) is 6.50. The van der Waals surface area contributed by atoms with E-state index in [0.717, 1.165) is 74.0 Å². The average Bonchev–Trinajstić information content (AvgIpc) is 3.28. The first kappa shape index (κ1) is 19.2. The van der Waals surface area contributed by atoms with Crippen molar-refractivity contribution < 1.29 is 4.74 Å². The van der Waals surface area contributed by atoms with Gasteiger partial charge in [0.05, 0.1) is 24.4 Å². The number of hydrogen-bond donors (Lipinski definition) is 1. The summed E-state index contributed by atoms with van der Waals surface area (Å²) in [5.74, 6) is 1.59. The maximum atomic E-state index is 5.47. The van der Waals surface area contributed by atoms with E-state index in [2.05, 4.69) is 55.4 Å². The number of anilines is 2. The Balaban J connectivity index is 1.47. The minimum absolute atomic E-state index is 0.639. The molecule has 3 aromatic rings. The number of rotatable bonds is 5. The highest BCUT2D eigenvalue weighted by atomic mass is 16.5. The molecule has 7 nitrogen and oxygen atoms in total. The van der Waals surface area contributed by atoms with E-state index < -0.39 is 0 Å². The molecule has 0 spiro atoms. The van der Waals surface area contributed by atoms with E-state index in [0.29, 0.717) is 5.92 Å². The van der Waals surface area contributed by atoms with Crippen molar-refractivity contribution in [3.8, 4) is 11.3 Å². The van der Waals surface area contributed by atoms with Crippen LogP contribution in [0.15, 0.2) is 42.7 Å². The second-order valence-corrected chi connectivity index (χ2v) is 8.06. The quantitative estimate of drug-likeness (QED) is 0.701. The topological polar surface area (TPSA) is 66.4 Å². The Morgan fingerprint density at radius 1 is 1.03 bits per heavy atom. The van der Waals surface area contributed by atoms with Gasteiger partial charge in [0.25, 0.3) is 0 Å². The molecular weight excluding hydrogens is 376 g/mol. The van der Waals surface area contributed by atoms with Crippen molar-refractivity contribution >= 4 is 22.5 Å². The van der Waals surface area contributed by atoms with E-state index in [1.165, 1.54) is 12.1 Å². The number of ether oxygens (including phenoxy) is 1. The van der Waals surface area contributed by atoms with E-state index in [-0.39, 0.29) is 0 Å². The molecule has 156 valence electrons. The number of benzene rings is 1. The van der Waals surface area contributed by atoms with Crippen molar-refractivity contribution in [2.24, 2.45) is 5.92 Å². The Bertz CT molecular complexity index is 1000. The SMILES string of the molecule is CNC[C@H]1CCN(c2nc(-c3ccc(N4CCOCC4)cc3)cc3nccnc23)C1. The molecule has 2 aromatic heterocycles. The number of pyridine rings is 1. The van der Waals surface area contributed by atoms with Gasteiger partial charge in [-0.25, -0.2) is 9.97 Å². The summed E-state index contributed by atoms with van der Waals surface area (Å²) in [7, 11) is 2.02. The molecule has 1 aromatic carbocycles. The zero-order valence-corrected chi connectivity index (χ0v) is 17.4. The standard InChI is InChI=1S/C23H28N6O/c1-24-15-17-6-9-29(16-17)23-22-21(25-7-8-26-22)14-20(27-23)18-2-4-19(5-3-18)28-10-12-30-13-11-28/h2-5,7-8,14,17,24H,6,9-13,15-16H2,1H3/t17-/m1/s1. The molecule has 0 saturated carbocycles. The summed E-state index contributed by atoms with van der Waals surface area (Å²) in [5, 5.41) is 3.30. The number of morpholine rings is 1. The van der Waals surface area contributed by atoms with E-state index in [9.17, 15) is 0 Å². The molecule has 2 aliphatic heterocycles. The highest BCUT2D eigenvalue weighted by molar-refractivity contribution is 5.89. The summed E-state index contributed by atoms with van der Waals surface area (Å²) >= 11 is 0. The van der Waals surface area contributed by atoms with Crippen LogP contribution in [0.3, 0.4) is 0 Å². The lowest BCUT2D eigenvalue weighted by Crippen LogP contribution is -2.36. The van der Waals surface area contributed by atoms with Crippen molar-refractivity contribution in [1.82, 2.24) is 20.3 Å². The van der Waals surface area contributed by atoms with Gasteiger partial charge in [-0.3, -0.25) is 4.98 Å². The lowest BCUT2D eigenvalue weighted by atomic mass is 10.1. The zero-order valence-electron chi connectivity index (χ0n) is 17.4. The van der Waals surface area contributed by atoms with Gasteiger partial charge in [-0.2, -0.15) is 0 Å². The van der Waals surface area contributed by atoms with Crippen LogP contribution < -0.4 is 15.1 Å². The van der Waals surface area contributed by atoms with Crippen LogP contribution in [-0.2, 0) is 4.74 Å². The van der Waals surface area contributed by atoms with Gasteiger partial charge in [-0.05, 0) is 44.1 Å². The first-order chi connectivity index (χ1) is 14.8. The molecule has 1 N–H and O–H groups in total. The van der Waals surface area contributed by atoms with Gasteiger partial charge in [0.15, 0.2) is 5.82 Å². The number of hydrogen-bond acceptors (Lipinski definition) is 7. The first-order valence-corrected chi connectivity index (χ1v) is 10.8. The molecule has 0 aliphatic carbocycles. The van der Waals surface area contributed by atoms with Crippen molar-refractivity contribution in [2.45, 2.75) is 6.42 Å². The Morgan fingerprint density at radius 3 is 2.63 bits per heavy atom. The predicted octanol–water partition coefficient (Wildman–Crippen LogP) is 2.57. The van der Waals surface area contributed by atoms with Gasteiger partial charge < -0.3 is 19.9 Å². The summed E-state index contributed by atoms with van der Waals surface area (Å²) in [5.41, 5.74) is 5.07. The maximum Gasteiger partial charge on any atom is 0.157 e. The second kappa shape index (κ2) is 8.53. The normalized spacial score (nSPS) is 19.6. The summed E-state index contributed by atoms with van der Waals surface area (Å²) < 4.78 is 5.47. The lowest BCUT2D eigenvalue weighted by Gasteiger charge is -2.29. The Labute approximate surface area is 177 Å². The highest BCUT2D eigenvalue weighted by Crippen LogP contribution is 2.31. The molecule has 0 radical (unpaired) electrons. The smallest absolute Gasteiger partial charge is 0.157 e. The Kier molecular flexibility index (Phi) is 5.46. The van der Waals surface area contributed by atoms with Crippen LogP contribution in [-0.4, -0.2) is 67.9 Å². The molecular formula is C23H28N6O. The van der Waals surface area contributed by atoms with Crippen molar-refractivity contribution in [2.75, 3.05) is 62.8 Å². The molecule has 0 bridgehead atoms. The van der Waals surface area contributed by atoms with Crippen LogP contribution in [0.25, 0.3) is 22.3 Å². The largest absolute Gasteiger partial charge is 0.378 e. The van der Waals surface area contributed by atoms with E-state index in [1.807, 2.05) is 7.05 Å². The summed E-state index contributed by atoms with van der Waals surface area (Å²) in [6.07, 6.45) is 4.68. The van der Waals surface area contributed by atoms with Gasteiger partial charge in [0.1, 0.15) is 5.52 Å². The zero-order chi connectivity index (χ0) is 20.3. The van der Waals surface area contributed by atoms with Crippen molar-refractivity contribution in [3.63, 3.8) is 0 Å². The minimum Gasteiger partial charge on any atom is -0.378 e. The number of fused-ring (bicyclic) bond motifs is 1. The molecule has 1 atom stereocenters. The van der Waals surface area contributed by atoms with Gasteiger partial charge >= 0.3 is 0 Å². The van der Waals surface area contributed by atoms with E-state index in [1.54, 1.807) is 12.4 Å². The summed E-state index contributed by atoms with van der Waals surface area (Å²) in [4.78, 5) is 19.0. The molecule has 0 amide bonds. The van der Waals surface area contributed by atoms with E-state index in [4.69, 9.17) is 9.72 Å². The molecule has 2 fully saturated rings. The molecule has 2 aliphatic rings. The van der Waals surface area contributed by atoms with Crippen LogP contribution in [0.2, 0.25) is 0 Å². The highest BCUT2D eigenvalue weighted by Gasteiger charge is 2.25. The number of nitrogens with one attached hydrogen (secondary N) is 1. The van der Waals surface area contributed by atoms with Gasteiger partial charge in [0, 0.05) is 49.8 Å². The minimum atomic E-state index is 0.639. The number of aromatic nitrogens is 3. The third-order valence-corrected chi connectivity index (χ3v) is 6.06. The van der Waals surface area contributed by atoms with Gasteiger partial charge in [-0.1, -0.05) is 12.1 Å². The monoisotopic (exact) mass is 404 g/mol. The Morgan fingerprint density at radius 2 is 1.83 bits per heavy atom. The molecule has 4 heterocycles. The van der Waals surface area contributed by atoms with Crippen LogP contribution in [0, 0.1) is 5.92 Å². The van der Waals surface area contributed by atoms with Crippen LogP contribution in [0.4, 0.5) is 11.5 Å². The predicted molar refractivity (Wildman–Crippen MR) is 120 cm³/mol. The molecule has 5 rings (SSSR count). The van der Waals surface area contributed by atoms with Crippen LogP contribution >= 0.6 is 0 Å². The lowest BCUT2D eigenvalue weighted by molar-refractivity contribution is 0.122. The third-order valence-electron chi connectivity index (χ3n) is 6.06. The molecule has 2 saturated heterocycles. The average molecular weight is 405 g/mol. The molecule has 0 unspecified atom stereocenters. The van der Waals surface area contributed by atoms with Crippen LogP contribution in [0.5, 0.6) is 0 Å². The number of nitrogens with zero attached hydrogens (tertiary/aromatic N) is 5.